The SMILES string of the molecule is c1nc(N2CCC(c3nncn3C3CC3)CC2)c2c3c(sc2n1)CCC3. The van der Waals surface area contributed by atoms with Gasteiger partial charge in [0, 0.05) is 29.9 Å². The van der Waals surface area contributed by atoms with Crippen LogP contribution in [0.3, 0.4) is 0 Å². The number of nitrogens with zero attached hydrogens (tertiary/aromatic N) is 6. The Morgan fingerprint density at radius 2 is 1.92 bits per heavy atom. The molecule has 0 unspecified atom stereocenters. The van der Waals surface area contributed by atoms with Crippen molar-refractivity contribution in [1.82, 2.24) is 24.7 Å². The van der Waals surface area contributed by atoms with Crippen molar-refractivity contribution in [3.05, 3.63) is 28.9 Å². The summed E-state index contributed by atoms with van der Waals surface area (Å²) in [6.07, 6.45) is 12.2. The van der Waals surface area contributed by atoms with Crippen molar-refractivity contribution in [1.29, 1.82) is 0 Å². The van der Waals surface area contributed by atoms with Crippen LogP contribution in [0.25, 0.3) is 10.2 Å². The molecule has 0 bridgehead atoms. The predicted molar refractivity (Wildman–Crippen MR) is 102 cm³/mol. The fraction of sp³-hybridized carbons (Fsp3) is 0.579. The van der Waals surface area contributed by atoms with Crippen LogP contribution in [-0.4, -0.2) is 37.8 Å². The van der Waals surface area contributed by atoms with Crippen molar-refractivity contribution in [3.63, 3.8) is 0 Å². The van der Waals surface area contributed by atoms with E-state index in [9.17, 15) is 0 Å². The summed E-state index contributed by atoms with van der Waals surface area (Å²) in [5, 5.41) is 9.99. The van der Waals surface area contributed by atoms with Crippen LogP contribution in [0.1, 0.15) is 60.3 Å². The van der Waals surface area contributed by atoms with E-state index >= 15 is 0 Å². The van der Waals surface area contributed by atoms with Crippen LogP contribution in [0, 0.1) is 0 Å². The highest BCUT2D eigenvalue weighted by molar-refractivity contribution is 7.19. The molecule has 0 spiro atoms. The van der Waals surface area contributed by atoms with Crippen LogP contribution >= 0.6 is 11.3 Å². The standard InChI is InChI=1S/C19H22N6S/c1-2-14-15(3-1)26-19-16(14)18(20-10-21-19)24-8-6-12(7-9-24)17-23-22-11-25(17)13-4-5-13/h10-13H,1-9H2. The van der Waals surface area contributed by atoms with Gasteiger partial charge < -0.3 is 9.47 Å². The maximum atomic E-state index is 4.71. The second-order valence-corrected chi connectivity index (χ2v) is 8.91. The molecule has 1 aliphatic heterocycles. The van der Waals surface area contributed by atoms with Gasteiger partial charge in [-0.2, -0.15) is 0 Å². The highest BCUT2D eigenvalue weighted by Gasteiger charge is 2.32. The van der Waals surface area contributed by atoms with Gasteiger partial charge >= 0.3 is 0 Å². The molecule has 3 aliphatic rings. The lowest BCUT2D eigenvalue weighted by molar-refractivity contribution is 0.464. The molecule has 3 aromatic heterocycles. The third-order valence-electron chi connectivity index (χ3n) is 6.18. The minimum absolute atomic E-state index is 0.528. The van der Waals surface area contributed by atoms with Gasteiger partial charge in [0.15, 0.2) is 0 Å². The summed E-state index contributed by atoms with van der Waals surface area (Å²) in [6.45, 7) is 2.08. The zero-order valence-electron chi connectivity index (χ0n) is 14.8. The van der Waals surface area contributed by atoms with Crippen molar-refractivity contribution < 1.29 is 0 Å². The van der Waals surface area contributed by atoms with E-state index in [1.807, 2.05) is 17.7 Å². The molecule has 0 radical (unpaired) electrons. The Balaban J connectivity index is 1.28. The first-order valence-corrected chi connectivity index (χ1v) is 10.6. The van der Waals surface area contributed by atoms with E-state index < -0.39 is 0 Å². The molecule has 6 rings (SSSR count). The lowest BCUT2D eigenvalue weighted by Gasteiger charge is -2.33. The van der Waals surface area contributed by atoms with E-state index in [0.717, 1.165) is 31.7 Å². The molecule has 6 nitrogen and oxygen atoms in total. The number of aryl methyl sites for hydroxylation is 2. The van der Waals surface area contributed by atoms with E-state index in [0.29, 0.717) is 12.0 Å². The van der Waals surface area contributed by atoms with E-state index in [1.165, 1.54) is 58.6 Å². The zero-order chi connectivity index (χ0) is 17.1. The van der Waals surface area contributed by atoms with E-state index in [-0.39, 0.29) is 0 Å². The summed E-state index contributed by atoms with van der Waals surface area (Å²) in [5.41, 5.74) is 1.52. The monoisotopic (exact) mass is 366 g/mol. The summed E-state index contributed by atoms with van der Waals surface area (Å²) >= 11 is 1.88. The van der Waals surface area contributed by atoms with Gasteiger partial charge in [0.05, 0.1) is 5.39 Å². The van der Waals surface area contributed by atoms with Crippen molar-refractivity contribution in [2.75, 3.05) is 18.0 Å². The average Bonchev–Trinajstić information content (AvgIpc) is 3.08. The van der Waals surface area contributed by atoms with Gasteiger partial charge in [-0.25, -0.2) is 9.97 Å². The van der Waals surface area contributed by atoms with Crippen LogP contribution in [0.4, 0.5) is 5.82 Å². The first kappa shape index (κ1) is 15.1. The molecular formula is C19H22N6S. The fourth-order valence-corrected chi connectivity index (χ4v) is 5.90. The Kier molecular flexibility index (Phi) is 3.33. The van der Waals surface area contributed by atoms with Gasteiger partial charge in [-0.15, -0.1) is 21.5 Å². The summed E-state index contributed by atoms with van der Waals surface area (Å²) in [5.74, 6) is 2.90. The van der Waals surface area contributed by atoms with Crippen molar-refractivity contribution in [2.24, 2.45) is 0 Å². The molecule has 0 atom stereocenters. The van der Waals surface area contributed by atoms with Crippen LogP contribution in [0.5, 0.6) is 0 Å². The Bertz CT molecular complexity index is 964. The van der Waals surface area contributed by atoms with E-state index in [1.54, 1.807) is 6.33 Å². The third kappa shape index (κ3) is 2.29. The molecule has 134 valence electrons. The fourth-order valence-electron chi connectivity index (χ4n) is 4.68. The van der Waals surface area contributed by atoms with E-state index in [4.69, 9.17) is 4.98 Å². The number of aromatic nitrogens is 5. The Morgan fingerprint density at radius 1 is 1.04 bits per heavy atom. The second-order valence-electron chi connectivity index (χ2n) is 7.82. The summed E-state index contributed by atoms with van der Waals surface area (Å²) in [7, 11) is 0. The summed E-state index contributed by atoms with van der Waals surface area (Å²) in [4.78, 5) is 14.5. The maximum absolute atomic E-state index is 4.71. The second kappa shape index (κ2) is 5.74. The molecule has 0 N–H and O–H groups in total. The molecule has 4 heterocycles. The number of rotatable bonds is 3. The van der Waals surface area contributed by atoms with Crippen LogP contribution in [0.15, 0.2) is 12.7 Å². The molecule has 26 heavy (non-hydrogen) atoms. The number of piperidine rings is 1. The molecule has 7 heteroatoms. The average molecular weight is 366 g/mol. The predicted octanol–water partition coefficient (Wildman–Crippen LogP) is 3.49. The molecule has 0 aromatic carbocycles. The van der Waals surface area contributed by atoms with Crippen molar-refractivity contribution >= 4 is 27.4 Å². The number of fused-ring (bicyclic) bond motifs is 3. The Hall–Kier alpha value is -2.02. The van der Waals surface area contributed by atoms with Gasteiger partial charge in [-0.05, 0) is 50.5 Å². The quantitative estimate of drug-likeness (QED) is 0.710. The van der Waals surface area contributed by atoms with Gasteiger partial charge in [0.25, 0.3) is 0 Å². The minimum atomic E-state index is 0.528. The van der Waals surface area contributed by atoms with Crippen LogP contribution < -0.4 is 4.90 Å². The Labute approximate surface area is 156 Å². The number of hydrogen-bond acceptors (Lipinski definition) is 6. The molecule has 1 saturated heterocycles. The summed E-state index contributed by atoms with van der Waals surface area (Å²) < 4.78 is 2.33. The highest BCUT2D eigenvalue weighted by atomic mass is 32.1. The number of hydrogen-bond donors (Lipinski definition) is 0. The molecule has 2 aliphatic carbocycles. The lowest BCUT2D eigenvalue weighted by Crippen LogP contribution is -2.34. The van der Waals surface area contributed by atoms with Crippen molar-refractivity contribution in [3.8, 4) is 0 Å². The van der Waals surface area contributed by atoms with Gasteiger partial charge in [0.1, 0.15) is 29.1 Å². The van der Waals surface area contributed by atoms with Gasteiger partial charge in [0.2, 0.25) is 0 Å². The number of thiophene rings is 1. The largest absolute Gasteiger partial charge is 0.356 e. The summed E-state index contributed by atoms with van der Waals surface area (Å²) in [6, 6.07) is 0.660. The maximum Gasteiger partial charge on any atom is 0.141 e. The van der Waals surface area contributed by atoms with Crippen molar-refractivity contribution in [2.45, 2.75) is 56.9 Å². The molecular weight excluding hydrogens is 344 g/mol. The van der Waals surface area contributed by atoms with Crippen LogP contribution in [-0.2, 0) is 12.8 Å². The zero-order valence-corrected chi connectivity index (χ0v) is 15.6. The Morgan fingerprint density at radius 3 is 2.77 bits per heavy atom. The number of anilines is 1. The topological polar surface area (TPSA) is 59.7 Å². The highest BCUT2D eigenvalue weighted by Crippen LogP contribution is 2.42. The smallest absolute Gasteiger partial charge is 0.141 e. The molecule has 2 fully saturated rings. The third-order valence-corrected chi connectivity index (χ3v) is 7.38. The lowest BCUT2D eigenvalue weighted by atomic mass is 9.95. The van der Waals surface area contributed by atoms with Gasteiger partial charge in [-0.3, -0.25) is 0 Å². The molecule has 1 saturated carbocycles. The van der Waals surface area contributed by atoms with Gasteiger partial charge in [-0.1, -0.05) is 0 Å². The molecule has 0 amide bonds. The normalized spacial score (nSPS) is 20.8. The minimum Gasteiger partial charge on any atom is -0.356 e. The van der Waals surface area contributed by atoms with Crippen LogP contribution in [0.2, 0.25) is 0 Å². The first-order chi connectivity index (χ1) is 12.9. The first-order valence-electron chi connectivity index (χ1n) is 9.78. The molecule has 3 aromatic rings. The van der Waals surface area contributed by atoms with E-state index in [2.05, 4.69) is 24.6 Å².